The summed E-state index contributed by atoms with van der Waals surface area (Å²) < 4.78 is 0. The number of carbonyl (C=O) groups is 2. The summed E-state index contributed by atoms with van der Waals surface area (Å²) in [4.78, 5) is 47.9. The maximum Gasteiger partial charge on any atom is 0.244 e. The van der Waals surface area contributed by atoms with Gasteiger partial charge in [-0.05, 0) is 78.3 Å². The number of nitrogens with zero attached hydrogens (tertiary/aromatic N) is 4. The van der Waals surface area contributed by atoms with Gasteiger partial charge in [0.05, 0.1) is 29.7 Å². The molecule has 2 aromatic heterocycles. The van der Waals surface area contributed by atoms with Crippen molar-refractivity contribution in [2.24, 2.45) is 11.5 Å². The third-order valence-corrected chi connectivity index (χ3v) is 11.7. The van der Waals surface area contributed by atoms with Crippen molar-refractivity contribution in [3.63, 3.8) is 0 Å². The maximum atomic E-state index is 13.6. The Morgan fingerprint density at radius 3 is 1.87 bits per heavy atom. The number of aromatic amines is 2. The molecule has 4 aromatic carbocycles. The molecular formula is C45H46N8O2. The van der Waals surface area contributed by atoms with Crippen molar-refractivity contribution < 1.29 is 9.59 Å². The van der Waals surface area contributed by atoms with Gasteiger partial charge in [0.25, 0.3) is 0 Å². The molecule has 2 fully saturated rings. The van der Waals surface area contributed by atoms with Crippen molar-refractivity contribution in [1.29, 1.82) is 0 Å². The Hall–Kier alpha value is -5.84. The topological polar surface area (TPSA) is 150 Å². The summed E-state index contributed by atoms with van der Waals surface area (Å²) in [7, 11) is 0. The van der Waals surface area contributed by atoms with E-state index in [1.54, 1.807) is 0 Å². The number of nitrogens with one attached hydrogen (secondary N) is 2. The molecule has 2 aliphatic heterocycles. The van der Waals surface area contributed by atoms with Crippen molar-refractivity contribution in [2.45, 2.75) is 69.1 Å². The minimum atomic E-state index is -0.694. The van der Waals surface area contributed by atoms with Crippen LogP contribution in [-0.2, 0) is 22.4 Å². The zero-order valence-electron chi connectivity index (χ0n) is 30.8. The van der Waals surface area contributed by atoms with E-state index in [1.807, 2.05) is 76.7 Å². The highest BCUT2D eigenvalue weighted by Crippen LogP contribution is 2.39. The first kappa shape index (κ1) is 34.9. The fraction of sp³-hybridized carbons (Fsp3) is 0.289. The molecule has 0 saturated carbocycles. The molecule has 3 aliphatic rings. The number of benzene rings is 4. The number of carbonyl (C=O) groups excluding carboxylic acids is 2. The summed E-state index contributed by atoms with van der Waals surface area (Å²) in [6.45, 7) is 1.35. The number of nitrogens with two attached hydrogens (primary N) is 2. The van der Waals surface area contributed by atoms with E-state index in [-0.39, 0.29) is 23.9 Å². The first-order valence-electron chi connectivity index (χ1n) is 19.5. The molecule has 0 radical (unpaired) electrons. The Kier molecular flexibility index (Phi) is 9.37. The molecule has 9 rings (SSSR count). The molecule has 10 heteroatoms. The van der Waals surface area contributed by atoms with Crippen molar-refractivity contribution in [3.05, 3.63) is 143 Å². The molecule has 0 spiro atoms. The molecule has 4 heterocycles. The van der Waals surface area contributed by atoms with Crippen molar-refractivity contribution in [2.75, 3.05) is 13.1 Å². The average molecular weight is 731 g/mol. The Labute approximate surface area is 321 Å². The summed E-state index contributed by atoms with van der Waals surface area (Å²) in [5.41, 5.74) is 23.3. The van der Waals surface area contributed by atoms with Crippen LogP contribution in [0.1, 0.15) is 90.3 Å². The predicted octanol–water partition coefficient (Wildman–Crippen LogP) is 7.35. The van der Waals surface area contributed by atoms with Crippen LogP contribution in [0.25, 0.3) is 33.6 Å². The third-order valence-electron chi connectivity index (χ3n) is 11.7. The van der Waals surface area contributed by atoms with Crippen molar-refractivity contribution in [1.82, 2.24) is 29.7 Å². The van der Waals surface area contributed by atoms with E-state index in [2.05, 4.69) is 52.4 Å². The minimum Gasteiger partial charge on any atom is -0.344 e. The van der Waals surface area contributed by atoms with Crippen LogP contribution in [0.3, 0.4) is 0 Å². The van der Waals surface area contributed by atoms with E-state index < -0.39 is 12.1 Å². The van der Waals surface area contributed by atoms with Crippen LogP contribution in [0.4, 0.5) is 0 Å². The van der Waals surface area contributed by atoms with E-state index in [4.69, 9.17) is 21.4 Å². The number of rotatable bonds is 8. The largest absolute Gasteiger partial charge is 0.344 e. The zero-order valence-corrected chi connectivity index (χ0v) is 30.8. The molecular weight excluding hydrogens is 685 g/mol. The van der Waals surface area contributed by atoms with Crippen molar-refractivity contribution in [3.8, 4) is 33.6 Å². The fourth-order valence-electron chi connectivity index (χ4n) is 8.75. The summed E-state index contributed by atoms with van der Waals surface area (Å²) in [5, 5.41) is 0. The van der Waals surface area contributed by atoms with Gasteiger partial charge in [0.1, 0.15) is 23.7 Å². The molecule has 1 aliphatic carbocycles. The number of hydrogen-bond acceptors (Lipinski definition) is 6. The van der Waals surface area contributed by atoms with Gasteiger partial charge in [-0.1, -0.05) is 103 Å². The Balaban J connectivity index is 0.907. The molecule has 55 heavy (non-hydrogen) atoms. The molecule has 6 N–H and O–H groups in total. The molecule has 6 aromatic rings. The number of fused-ring (bicyclic) bond motifs is 3. The number of aryl methyl sites for hydroxylation is 2. The van der Waals surface area contributed by atoms with E-state index in [1.165, 1.54) is 5.56 Å². The number of amides is 2. The molecule has 10 nitrogen and oxygen atoms in total. The molecule has 2 amide bonds. The molecule has 0 unspecified atom stereocenters. The number of imidazole rings is 2. The third kappa shape index (κ3) is 6.66. The van der Waals surface area contributed by atoms with E-state index in [0.29, 0.717) is 13.1 Å². The lowest BCUT2D eigenvalue weighted by atomic mass is 9.95. The zero-order chi connectivity index (χ0) is 37.5. The smallest absolute Gasteiger partial charge is 0.244 e. The molecule has 0 bridgehead atoms. The van der Waals surface area contributed by atoms with Crippen LogP contribution < -0.4 is 11.5 Å². The highest BCUT2D eigenvalue weighted by molar-refractivity contribution is 5.84. The van der Waals surface area contributed by atoms with Crippen LogP contribution in [-0.4, -0.2) is 54.6 Å². The number of likely N-dealkylation sites (tertiary alicyclic amines) is 2. The van der Waals surface area contributed by atoms with Gasteiger partial charge >= 0.3 is 0 Å². The normalized spacial score (nSPS) is 19.1. The second-order valence-corrected chi connectivity index (χ2v) is 15.1. The summed E-state index contributed by atoms with van der Waals surface area (Å²) in [5.74, 6) is 1.52. The van der Waals surface area contributed by atoms with Gasteiger partial charge < -0.3 is 31.2 Å². The minimum absolute atomic E-state index is 0.0546. The lowest BCUT2D eigenvalue weighted by Crippen LogP contribution is -2.38. The number of aromatic nitrogens is 4. The van der Waals surface area contributed by atoms with Gasteiger partial charge in [0.15, 0.2) is 0 Å². The standard InChI is InChI=1S/C45H46N8O2/c46-39(30-10-3-1-4-11-30)44(54)52-24-8-16-37(52)42-48-27-36(50-42)29-20-18-28(19-21-29)32-22-23-34-33(26-32)14-7-15-35-41(34)51-43(49-35)38-17-9-25-53(38)45(55)40(47)31-12-5-2-6-13-31/h1-6,10-13,18-23,26-27,37-40H,7-9,14-17,24-25,46-47H2,(H,48,50)(H,49,51)/t37-,38-,39+,40+/m0/s1. The molecule has 278 valence electrons. The highest BCUT2D eigenvalue weighted by Gasteiger charge is 2.37. The van der Waals surface area contributed by atoms with Crippen molar-refractivity contribution >= 4 is 11.8 Å². The quantitative estimate of drug-likeness (QED) is 0.129. The predicted molar refractivity (Wildman–Crippen MR) is 213 cm³/mol. The van der Waals surface area contributed by atoms with E-state index >= 15 is 0 Å². The van der Waals surface area contributed by atoms with Crippen LogP contribution in [0.2, 0.25) is 0 Å². The van der Waals surface area contributed by atoms with Gasteiger partial charge in [0, 0.05) is 24.3 Å². The monoisotopic (exact) mass is 730 g/mol. The maximum absolute atomic E-state index is 13.6. The Bertz CT molecular complexity index is 2320. The number of H-pyrrole nitrogens is 2. The van der Waals surface area contributed by atoms with E-state index in [0.717, 1.165) is 107 Å². The second kappa shape index (κ2) is 14.8. The van der Waals surface area contributed by atoms with E-state index in [9.17, 15) is 9.59 Å². The SMILES string of the molecule is N[C@@H](C(=O)N1CCC[C@H]1c1ncc(-c2ccc(-c3ccc4c(c3)CCCc3[nH]c([C@@H]5CCCN5C(=O)[C@H](N)c5ccccc5)nc3-4)cc2)[nH]1)c1ccccc1. The average Bonchev–Trinajstić information content (AvgIpc) is 4.07. The van der Waals surface area contributed by atoms with Gasteiger partial charge in [-0.2, -0.15) is 0 Å². The Morgan fingerprint density at radius 2 is 1.24 bits per heavy atom. The van der Waals surface area contributed by atoms with Gasteiger partial charge in [-0.3, -0.25) is 9.59 Å². The fourth-order valence-corrected chi connectivity index (χ4v) is 8.75. The summed E-state index contributed by atoms with van der Waals surface area (Å²) in [6.07, 6.45) is 8.30. The van der Waals surface area contributed by atoms with Crippen LogP contribution in [0, 0.1) is 0 Å². The van der Waals surface area contributed by atoms with Gasteiger partial charge in [-0.25, -0.2) is 9.97 Å². The summed E-state index contributed by atoms with van der Waals surface area (Å²) in [6, 6.07) is 32.8. The molecule has 4 atom stereocenters. The van der Waals surface area contributed by atoms with Crippen LogP contribution >= 0.6 is 0 Å². The Morgan fingerprint density at radius 1 is 0.655 bits per heavy atom. The summed E-state index contributed by atoms with van der Waals surface area (Å²) >= 11 is 0. The lowest BCUT2D eigenvalue weighted by molar-refractivity contribution is -0.134. The number of hydrogen-bond donors (Lipinski definition) is 4. The highest BCUT2D eigenvalue weighted by atomic mass is 16.2. The first-order chi connectivity index (χ1) is 26.9. The molecule has 2 saturated heterocycles. The van der Waals surface area contributed by atoms with Gasteiger partial charge in [-0.15, -0.1) is 0 Å². The van der Waals surface area contributed by atoms with Crippen LogP contribution in [0.15, 0.2) is 109 Å². The van der Waals surface area contributed by atoms with Gasteiger partial charge in [0.2, 0.25) is 11.8 Å². The lowest BCUT2D eigenvalue weighted by Gasteiger charge is -2.26. The van der Waals surface area contributed by atoms with Crippen LogP contribution in [0.5, 0.6) is 0 Å². The first-order valence-corrected chi connectivity index (χ1v) is 19.5. The second-order valence-electron chi connectivity index (χ2n) is 15.1.